The minimum atomic E-state index is -0.667. The van der Waals surface area contributed by atoms with Crippen molar-refractivity contribution in [2.45, 2.75) is 18.9 Å². The van der Waals surface area contributed by atoms with E-state index >= 15 is 0 Å². The van der Waals surface area contributed by atoms with Crippen molar-refractivity contribution in [3.05, 3.63) is 90.3 Å². The van der Waals surface area contributed by atoms with Gasteiger partial charge in [-0.15, -0.1) is 0 Å². The molecule has 0 saturated carbocycles. The van der Waals surface area contributed by atoms with Crippen LogP contribution in [0.3, 0.4) is 0 Å². The Kier molecular flexibility index (Phi) is 12.2. The largest absolute Gasteiger partial charge is 0.457 e. The van der Waals surface area contributed by atoms with Gasteiger partial charge in [0.1, 0.15) is 18.3 Å². The van der Waals surface area contributed by atoms with E-state index in [0.29, 0.717) is 36.0 Å². The van der Waals surface area contributed by atoms with Gasteiger partial charge in [-0.05, 0) is 55.0 Å². The zero-order valence-corrected chi connectivity index (χ0v) is 21.2. The lowest BCUT2D eigenvalue weighted by Gasteiger charge is -2.23. The van der Waals surface area contributed by atoms with E-state index in [-0.39, 0.29) is 32.1 Å². The Balaban J connectivity index is 1.66. The van der Waals surface area contributed by atoms with E-state index in [1.165, 1.54) is 0 Å². The number of nitrogens with zero attached hydrogens (tertiary/aromatic N) is 1. The molecule has 0 spiro atoms. The molecule has 0 aliphatic heterocycles. The fourth-order valence-electron chi connectivity index (χ4n) is 3.68. The third-order valence-electron chi connectivity index (χ3n) is 5.58. The van der Waals surface area contributed by atoms with Crippen molar-refractivity contribution < 1.29 is 33.7 Å². The van der Waals surface area contributed by atoms with Gasteiger partial charge >= 0.3 is 0 Å². The number of ether oxygens (including phenoxy) is 4. The van der Waals surface area contributed by atoms with E-state index in [0.717, 1.165) is 0 Å². The van der Waals surface area contributed by atoms with E-state index < -0.39 is 17.9 Å². The highest BCUT2D eigenvalue weighted by atomic mass is 16.7. The third kappa shape index (κ3) is 9.91. The summed E-state index contributed by atoms with van der Waals surface area (Å²) in [7, 11) is 1.57. The number of hydrogen-bond acceptors (Lipinski definition) is 8. The highest BCUT2D eigenvalue weighted by Gasteiger charge is 2.25. The zero-order valence-electron chi connectivity index (χ0n) is 21.2. The number of para-hydroxylation sites is 1. The second-order valence-electron chi connectivity index (χ2n) is 8.43. The van der Waals surface area contributed by atoms with Gasteiger partial charge in [-0.25, -0.2) is 5.48 Å². The molecule has 1 aromatic heterocycles. The lowest BCUT2D eigenvalue weighted by Crippen LogP contribution is -2.42. The Morgan fingerprint density at radius 3 is 2.34 bits per heavy atom. The Bertz CT molecular complexity index is 1100. The van der Waals surface area contributed by atoms with Gasteiger partial charge in [-0.1, -0.05) is 24.3 Å². The molecule has 2 aromatic carbocycles. The number of hydroxylamine groups is 1. The molecule has 2 atom stereocenters. The van der Waals surface area contributed by atoms with Gasteiger partial charge in [0.05, 0.1) is 25.9 Å². The number of benzene rings is 2. The van der Waals surface area contributed by atoms with Crippen LogP contribution in [-0.2, 0) is 25.4 Å². The number of pyridine rings is 1. The number of carbonyl (C=O) groups is 2. The van der Waals surface area contributed by atoms with Crippen molar-refractivity contribution in [1.82, 2.24) is 15.8 Å². The predicted octanol–water partition coefficient (Wildman–Crippen LogP) is 3.36. The molecule has 0 aliphatic rings. The van der Waals surface area contributed by atoms with Gasteiger partial charge in [0.25, 0.3) is 5.91 Å². The zero-order chi connectivity index (χ0) is 27.0. The molecular formula is C28H33N3O7. The van der Waals surface area contributed by atoms with E-state index in [1.807, 2.05) is 36.4 Å². The first-order valence-electron chi connectivity index (χ1n) is 12.2. The summed E-state index contributed by atoms with van der Waals surface area (Å²) in [6, 6.07) is 20.9. The Labute approximate surface area is 221 Å². The van der Waals surface area contributed by atoms with Crippen LogP contribution in [0.2, 0.25) is 0 Å². The molecule has 0 saturated heterocycles. The molecule has 1 heterocycles. The summed E-state index contributed by atoms with van der Waals surface area (Å²) >= 11 is 0. The van der Waals surface area contributed by atoms with E-state index in [9.17, 15) is 14.8 Å². The minimum Gasteiger partial charge on any atom is -0.457 e. The summed E-state index contributed by atoms with van der Waals surface area (Å²) in [5.41, 5.74) is 2.82. The molecule has 10 heteroatoms. The monoisotopic (exact) mass is 523 g/mol. The molecule has 0 bridgehead atoms. The molecule has 10 nitrogen and oxygen atoms in total. The van der Waals surface area contributed by atoms with E-state index in [2.05, 4.69) is 10.3 Å². The van der Waals surface area contributed by atoms with E-state index in [4.69, 9.17) is 18.9 Å². The molecule has 202 valence electrons. The summed E-state index contributed by atoms with van der Waals surface area (Å²) in [5, 5.41) is 12.2. The lowest BCUT2D eigenvalue weighted by molar-refractivity contribution is -0.134. The number of carbonyl (C=O) groups excluding carboxylic acids is 2. The summed E-state index contributed by atoms with van der Waals surface area (Å²) in [4.78, 5) is 29.8. The summed E-state index contributed by atoms with van der Waals surface area (Å²) in [5.74, 6) is -0.300. The lowest BCUT2D eigenvalue weighted by atomic mass is 9.94. The normalized spacial score (nSPS) is 12.4. The second kappa shape index (κ2) is 16.1. The average molecular weight is 524 g/mol. The molecule has 0 radical (unpaired) electrons. The third-order valence-corrected chi connectivity index (χ3v) is 5.58. The first-order valence-corrected chi connectivity index (χ1v) is 12.2. The smallest absolute Gasteiger partial charge is 0.251 e. The SMILES string of the molecule is COCCOCOCC(CC(Cc1ccccn1)C(=O)NO)NC(=O)c1ccc(Oc2ccccc2)cc1. The van der Waals surface area contributed by atoms with Crippen molar-refractivity contribution in [3.8, 4) is 11.5 Å². The minimum absolute atomic E-state index is 0.00163. The summed E-state index contributed by atoms with van der Waals surface area (Å²) < 4.78 is 21.7. The van der Waals surface area contributed by atoms with Crippen LogP contribution in [0.4, 0.5) is 0 Å². The van der Waals surface area contributed by atoms with Crippen LogP contribution in [-0.4, -0.2) is 61.8 Å². The first kappa shape index (κ1) is 28.7. The second-order valence-corrected chi connectivity index (χ2v) is 8.43. The molecule has 38 heavy (non-hydrogen) atoms. The van der Waals surface area contributed by atoms with Gasteiger partial charge in [0.15, 0.2) is 0 Å². The first-order chi connectivity index (χ1) is 18.6. The number of aromatic nitrogens is 1. The Morgan fingerprint density at radius 2 is 1.66 bits per heavy atom. The van der Waals surface area contributed by atoms with Crippen LogP contribution in [0, 0.1) is 5.92 Å². The van der Waals surface area contributed by atoms with Crippen LogP contribution in [0.25, 0.3) is 0 Å². The maximum atomic E-state index is 13.1. The van der Waals surface area contributed by atoms with E-state index in [1.54, 1.807) is 55.2 Å². The molecule has 0 aliphatic carbocycles. The van der Waals surface area contributed by atoms with Gasteiger partial charge in [-0.3, -0.25) is 19.8 Å². The van der Waals surface area contributed by atoms with Crippen LogP contribution in [0.5, 0.6) is 11.5 Å². The molecule has 3 N–H and O–H groups in total. The number of methoxy groups -OCH3 is 1. The maximum Gasteiger partial charge on any atom is 0.251 e. The van der Waals surface area contributed by atoms with Crippen molar-refractivity contribution in [2.24, 2.45) is 5.92 Å². The number of nitrogens with one attached hydrogen (secondary N) is 2. The fourth-order valence-corrected chi connectivity index (χ4v) is 3.68. The van der Waals surface area contributed by atoms with Crippen LogP contribution in [0.1, 0.15) is 22.5 Å². The highest BCUT2D eigenvalue weighted by molar-refractivity contribution is 5.94. The van der Waals surface area contributed by atoms with Gasteiger partial charge in [0, 0.05) is 36.9 Å². The van der Waals surface area contributed by atoms with Crippen molar-refractivity contribution >= 4 is 11.8 Å². The van der Waals surface area contributed by atoms with Crippen LogP contribution < -0.4 is 15.5 Å². The molecule has 0 fully saturated rings. The summed E-state index contributed by atoms with van der Waals surface area (Å²) in [6.07, 6.45) is 2.10. The predicted molar refractivity (Wildman–Crippen MR) is 139 cm³/mol. The van der Waals surface area contributed by atoms with Crippen molar-refractivity contribution in [2.75, 3.05) is 33.7 Å². The molecule has 3 aromatic rings. The Morgan fingerprint density at radius 1 is 0.921 bits per heavy atom. The molecule has 3 rings (SSSR count). The van der Waals surface area contributed by atoms with Crippen molar-refractivity contribution in [3.63, 3.8) is 0 Å². The Hall–Kier alpha value is -3.83. The molecule has 2 unspecified atom stereocenters. The standard InChI is InChI=1S/C28H33N3O7/c1-35-15-16-36-20-37-19-24(18-22(28(33)31-34)17-23-7-5-6-14-29-23)30-27(32)21-10-12-26(13-11-21)38-25-8-3-2-4-9-25/h2-14,22,24,34H,15-20H2,1H3,(H,30,32)(H,31,33). The molecule has 2 amide bonds. The number of rotatable bonds is 16. The van der Waals surface area contributed by atoms with Gasteiger partial charge in [-0.2, -0.15) is 0 Å². The number of amides is 2. The van der Waals surface area contributed by atoms with Crippen molar-refractivity contribution in [1.29, 1.82) is 0 Å². The van der Waals surface area contributed by atoms with Crippen LogP contribution >= 0.6 is 0 Å². The average Bonchev–Trinajstić information content (AvgIpc) is 2.95. The quantitative estimate of drug-likeness (QED) is 0.113. The highest BCUT2D eigenvalue weighted by Crippen LogP contribution is 2.21. The number of hydrogen-bond donors (Lipinski definition) is 3. The topological polar surface area (TPSA) is 128 Å². The maximum absolute atomic E-state index is 13.1. The fraction of sp³-hybridized carbons (Fsp3) is 0.321. The van der Waals surface area contributed by atoms with Gasteiger partial charge < -0.3 is 24.3 Å². The summed E-state index contributed by atoms with van der Waals surface area (Å²) in [6.45, 7) is 0.875. The van der Waals surface area contributed by atoms with Gasteiger partial charge in [0.2, 0.25) is 5.91 Å². The molecular weight excluding hydrogens is 490 g/mol. The van der Waals surface area contributed by atoms with Crippen LogP contribution in [0.15, 0.2) is 79.0 Å².